The number of halogens is 1. The Morgan fingerprint density at radius 3 is 1.85 bits per heavy atom. The SMILES string of the molecule is [O-][Cl+3]([O-])([O-])[O-].c1ccc(C[n+]2c(-c3ccccc3)[nH]c3ccccc32)cc1. The quantitative estimate of drug-likeness (QED) is 0.476. The summed E-state index contributed by atoms with van der Waals surface area (Å²) in [5, 5.41) is 0. The van der Waals surface area contributed by atoms with Crippen LogP contribution in [0.4, 0.5) is 0 Å². The van der Waals surface area contributed by atoms with Crippen LogP contribution in [0, 0.1) is 10.2 Å². The molecular formula is C20H17ClN2O4. The van der Waals surface area contributed by atoms with Gasteiger partial charge in [-0.3, -0.25) is 0 Å². The highest BCUT2D eigenvalue weighted by atomic mass is 35.7. The van der Waals surface area contributed by atoms with Crippen LogP contribution in [0.1, 0.15) is 5.56 Å². The fourth-order valence-corrected chi connectivity index (χ4v) is 2.88. The lowest BCUT2D eigenvalue weighted by molar-refractivity contribution is -2.00. The lowest BCUT2D eigenvalue weighted by Gasteiger charge is -2.17. The summed E-state index contributed by atoms with van der Waals surface area (Å²) in [4.78, 5) is 3.56. The van der Waals surface area contributed by atoms with E-state index in [0.29, 0.717) is 0 Å². The number of hydrogen-bond donors (Lipinski definition) is 1. The maximum Gasteiger partial charge on any atom is 0.287 e. The Morgan fingerprint density at radius 1 is 0.704 bits per heavy atom. The summed E-state index contributed by atoms with van der Waals surface area (Å²) in [6, 6.07) is 29.5. The van der Waals surface area contributed by atoms with E-state index < -0.39 is 10.2 Å². The summed E-state index contributed by atoms with van der Waals surface area (Å²) in [6.45, 7) is 0.856. The summed E-state index contributed by atoms with van der Waals surface area (Å²) >= 11 is 0. The Kier molecular flexibility index (Phi) is 5.85. The van der Waals surface area contributed by atoms with E-state index in [4.69, 9.17) is 18.6 Å². The molecule has 138 valence electrons. The molecule has 0 aliphatic rings. The van der Waals surface area contributed by atoms with Crippen molar-refractivity contribution in [2.75, 3.05) is 0 Å². The van der Waals surface area contributed by atoms with Gasteiger partial charge in [0.2, 0.25) is 0 Å². The second-order valence-electron chi connectivity index (χ2n) is 5.81. The average molecular weight is 385 g/mol. The van der Waals surface area contributed by atoms with Crippen LogP contribution in [0.2, 0.25) is 0 Å². The number of benzene rings is 3. The normalized spacial score (nSPS) is 11.1. The molecule has 0 radical (unpaired) electrons. The van der Waals surface area contributed by atoms with Crippen LogP contribution in [0.15, 0.2) is 84.9 Å². The minimum absolute atomic E-state index is 0.856. The zero-order chi connectivity index (χ0) is 19.3. The molecule has 1 heterocycles. The van der Waals surface area contributed by atoms with E-state index >= 15 is 0 Å². The Labute approximate surface area is 158 Å². The van der Waals surface area contributed by atoms with Crippen molar-refractivity contribution in [2.45, 2.75) is 6.54 Å². The van der Waals surface area contributed by atoms with Crippen LogP contribution in [0.5, 0.6) is 0 Å². The van der Waals surface area contributed by atoms with E-state index in [1.807, 2.05) is 6.07 Å². The van der Waals surface area contributed by atoms with E-state index in [9.17, 15) is 0 Å². The van der Waals surface area contributed by atoms with Gasteiger partial charge in [-0.2, -0.15) is 0 Å². The number of H-pyrrole nitrogens is 1. The van der Waals surface area contributed by atoms with E-state index in [1.165, 1.54) is 16.6 Å². The highest BCUT2D eigenvalue weighted by molar-refractivity contribution is 5.74. The molecule has 1 N–H and O–H groups in total. The van der Waals surface area contributed by atoms with E-state index in [0.717, 1.165) is 17.9 Å². The lowest BCUT2D eigenvalue weighted by Crippen LogP contribution is -2.68. The van der Waals surface area contributed by atoms with Gasteiger partial charge in [0, 0.05) is 0 Å². The molecule has 3 aromatic carbocycles. The standard InChI is InChI=1S/C20H16N2.ClHO4/c1-3-9-16(10-4-1)15-22-19-14-8-7-13-18(19)21-20(22)17-11-5-2-6-12-17;2-1(3,4)5/h1-14H,15H2;(H,2,3,4,5). The number of nitrogens with one attached hydrogen (secondary N) is 1. The molecule has 27 heavy (non-hydrogen) atoms. The Bertz CT molecular complexity index is 993. The van der Waals surface area contributed by atoms with Crippen LogP contribution in [-0.4, -0.2) is 4.98 Å². The van der Waals surface area contributed by atoms with Gasteiger partial charge in [-0.05, 0) is 29.8 Å². The molecule has 0 amide bonds. The van der Waals surface area contributed by atoms with E-state index in [-0.39, 0.29) is 0 Å². The highest BCUT2D eigenvalue weighted by Crippen LogP contribution is 2.19. The lowest BCUT2D eigenvalue weighted by atomic mass is 10.2. The summed E-state index contributed by atoms with van der Waals surface area (Å²) < 4.78 is 36.3. The van der Waals surface area contributed by atoms with Gasteiger partial charge in [0.25, 0.3) is 5.82 Å². The van der Waals surface area contributed by atoms with Crippen molar-refractivity contribution in [1.29, 1.82) is 0 Å². The minimum atomic E-state index is -4.94. The van der Waals surface area contributed by atoms with Crippen LogP contribution in [0.25, 0.3) is 22.4 Å². The summed E-state index contributed by atoms with van der Waals surface area (Å²) in [5.74, 6) is 1.14. The highest BCUT2D eigenvalue weighted by Gasteiger charge is 2.19. The number of fused-ring (bicyclic) bond motifs is 1. The molecule has 0 bridgehead atoms. The molecule has 4 rings (SSSR count). The number of imidazole rings is 1. The second-order valence-corrected chi connectivity index (χ2v) is 6.56. The van der Waals surface area contributed by atoms with Gasteiger partial charge in [-0.15, -0.1) is 10.2 Å². The number of nitrogens with zero attached hydrogens (tertiary/aromatic N) is 1. The van der Waals surface area contributed by atoms with E-state index in [1.54, 1.807) is 0 Å². The fourth-order valence-electron chi connectivity index (χ4n) is 2.88. The van der Waals surface area contributed by atoms with Crippen LogP contribution in [-0.2, 0) is 6.54 Å². The van der Waals surface area contributed by atoms with Gasteiger partial charge in [-0.25, -0.2) is 28.2 Å². The maximum atomic E-state index is 8.49. The molecule has 0 fully saturated rings. The molecule has 0 atom stereocenters. The number of aromatic amines is 1. The molecule has 0 unspecified atom stereocenters. The third-order valence-corrected chi connectivity index (χ3v) is 3.95. The van der Waals surface area contributed by atoms with Gasteiger partial charge in [0.15, 0.2) is 11.0 Å². The second kappa shape index (κ2) is 8.30. The third-order valence-electron chi connectivity index (χ3n) is 3.95. The first-order valence-electron chi connectivity index (χ1n) is 8.13. The van der Waals surface area contributed by atoms with Crippen molar-refractivity contribution >= 4 is 11.0 Å². The van der Waals surface area contributed by atoms with Gasteiger partial charge in [0.05, 0.1) is 5.56 Å². The van der Waals surface area contributed by atoms with Gasteiger partial charge >= 0.3 is 0 Å². The van der Waals surface area contributed by atoms with Crippen LogP contribution < -0.4 is 23.2 Å². The topological polar surface area (TPSA) is 112 Å². The minimum Gasteiger partial charge on any atom is -0.236 e. The predicted octanol–water partition coefficient (Wildman–Crippen LogP) is -0.585. The summed E-state index contributed by atoms with van der Waals surface area (Å²) in [7, 11) is -4.94. The average Bonchev–Trinajstić information content (AvgIpc) is 3.01. The molecule has 0 saturated heterocycles. The largest absolute Gasteiger partial charge is 0.287 e. The zero-order valence-electron chi connectivity index (χ0n) is 14.2. The van der Waals surface area contributed by atoms with Crippen molar-refractivity contribution in [1.82, 2.24) is 4.98 Å². The van der Waals surface area contributed by atoms with Crippen molar-refractivity contribution in [2.24, 2.45) is 0 Å². The van der Waals surface area contributed by atoms with E-state index in [2.05, 4.69) is 88.4 Å². The van der Waals surface area contributed by atoms with Crippen molar-refractivity contribution in [3.05, 3.63) is 90.5 Å². The van der Waals surface area contributed by atoms with Gasteiger partial charge < -0.3 is 0 Å². The van der Waals surface area contributed by atoms with Crippen molar-refractivity contribution in [3.8, 4) is 11.4 Å². The zero-order valence-corrected chi connectivity index (χ0v) is 15.0. The number of aromatic nitrogens is 2. The van der Waals surface area contributed by atoms with Crippen molar-refractivity contribution in [3.63, 3.8) is 0 Å². The van der Waals surface area contributed by atoms with Gasteiger partial charge in [-0.1, -0.05) is 60.7 Å². The van der Waals surface area contributed by atoms with Gasteiger partial charge in [0.1, 0.15) is 6.54 Å². The molecule has 0 saturated carbocycles. The monoisotopic (exact) mass is 384 g/mol. The maximum absolute atomic E-state index is 8.49. The molecule has 6 nitrogen and oxygen atoms in total. The van der Waals surface area contributed by atoms with Crippen LogP contribution in [0.3, 0.4) is 0 Å². The molecule has 0 aliphatic heterocycles. The Hall–Kier alpha value is -2.74. The Balaban J connectivity index is 0.000000376. The molecule has 0 aliphatic carbocycles. The van der Waals surface area contributed by atoms with Crippen LogP contribution >= 0.6 is 0 Å². The first-order chi connectivity index (χ1) is 12.9. The first kappa shape index (κ1) is 19.0. The summed E-state index contributed by atoms with van der Waals surface area (Å²) in [5.41, 5.74) is 4.89. The first-order valence-corrected chi connectivity index (χ1v) is 9.37. The molecule has 7 heteroatoms. The number of hydrogen-bond acceptors (Lipinski definition) is 4. The smallest absolute Gasteiger partial charge is 0.236 e. The number of para-hydroxylation sites is 2. The fraction of sp³-hybridized carbons (Fsp3) is 0.0500. The molecule has 4 aromatic rings. The predicted molar refractivity (Wildman–Crippen MR) is 89.5 cm³/mol. The molecule has 0 spiro atoms. The van der Waals surface area contributed by atoms with Crippen molar-refractivity contribution < 1.29 is 33.4 Å². The molecular weight excluding hydrogens is 368 g/mol. The molecule has 1 aromatic heterocycles. The Morgan fingerprint density at radius 2 is 1.22 bits per heavy atom. The summed E-state index contributed by atoms with van der Waals surface area (Å²) in [6.07, 6.45) is 0. The third kappa shape index (κ3) is 5.37. The number of rotatable bonds is 3.